The third kappa shape index (κ3) is 2.67. The van der Waals surface area contributed by atoms with E-state index in [4.69, 9.17) is 5.73 Å². The average molecular weight is 233 g/mol. The van der Waals surface area contributed by atoms with Crippen LogP contribution in [0.15, 0.2) is 18.3 Å². The third-order valence-electron chi connectivity index (χ3n) is 4.23. The Labute approximate surface area is 104 Å². The van der Waals surface area contributed by atoms with Crippen molar-refractivity contribution in [1.29, 1.82) is 0 Å². The Bertz CT molecular complexity index is 377. The van der Waals surface area contributed by atoms with Crippen LogP contribution in [0.1, 0.15) is 31.5 Å². The maximum absolute atomic E-state index is 6.11. The minimum atomic E-state index is 0.353. The Kier molecular flexibility index (Phi) is 3.79. The topological polar surface area (TPSA) is 42.2 Å². The van der Waals surface area contributed by atoms with Gasteiger partial charge in [-0.3, -0.25) is 9.88 Å². The van der Waals surface area contributed by atoms with Crippen molar-refractivity contribution in [3.05, 3.63) is 29.6 Å². The van der Waals surface area contributed by atoms with E-state index in [9.17, 15) is 0 Å². The minimum absolute atomic E-state index is 0.353. The Hall–Kier alpha value is -0.930. The first-order valence-corrected chi connectivity index (χ1v) is 6.49. The Morgan fingerprint density at radius 2 is 2.24 bits per heavy atom. The number of nitrogens with zero attached hydrogens (tertiary/aromatic N) is 2. The number of aryl methyl sites for hydroxylation is 1. The van der Waals surface area contributed by atoms with Crippen molar-refractivity contribution in [3.8, 4) is 0 Å². The molecule has 0 bridgehead atoms. The summed E-state index contributed by atoms with van der Waals surface area (Å²) < 4.78 is 0. The molecule has 3 unspecified atom stereocenters. The molecule has 0 aromatic carbocycles. The van der Waals surface area contributed by atoms with Crippen LogP contribution in [0, 0.1) is 12.8 Å². The van der Waals surface area contributed by atoms with E-state index >= 15 is 0 Å². The van der Waals surface area contributed by atoms with Gasteiger partial charge in [-0.2, -0.15) is 0 Å². The predicted molar refractivity (Wildman–Crippen MR) is 70.6 cm³/mol. The molecule has 0 amide bonds. The van der Waals surface area contributed by atoms with Crippen molar-refractivity contribution in [2.24, 2.45) is 11.7 Å². The third-order valence-corrected chi connectivity index (χ3v) is 4.23. The molecule has 2 rings (SSSR count). The van der Waals surface area contributed by atoms with Gasteiger partial charge in [0.25, 0.3) is 0 Å². The quantitative estimate of drug-likeness (QED) is 0.849. The van der Waals surface area contributed by atoms with E-state index in [1.165, 1.54) is 11.3 Å². The van der Waals surface area contributed by atoms with Crippen LogP contribution in [0.2, 0.25) is 0 Å². The van der Waals surface area contributed by atoms with E-state index < -0.39 is 0 Å². The Balaban J connectivity index is 2.07. The summed E-state index contributed by atoms with van der Waals surface area (Å²) >= 11 is 0. The maximum atomic E-state index is 6.11. The van der Waals surface area contributed by atoms with Crippen LogP contribution in [-0.4, -0.2) is 28.5 Å². The van der Waals surface area contributed by atoms with Gasteiger partial charge in [-0.15, -0.1) is 0 Å². The molecule has 3 heteroatoms. The van der Waals surface area contributed by atoms with Crippen LogP contribution >= 0.6 is 0 Å². The maximum Gasteiger partial charge on any atom is 0.0573 e. The summed E-state index contributed by atoms with van der Waals surface area (Å²) in [7, 11) is 0. The number of piperidine rings is 1. The van der Waals surface area contributed by atoms with E-state index in [1.54, 1.807) is 0 Å². The molecule has 0 spiro atoms. The van der Waals surface area contributed by atoms with Crippen molar-refractivity contribution in [1.82, 2.24) is 9.88 Å². The standard InChI is InChI=1S/C14H23N3/c1-10-5-4-7-16-14(10)9-17-8-6-13(15)11(2)12(17)3/h4-5,7,11-13H,6,8-9,15H2,1-3H3. The first-order chi connectivity index (χ1) is 8.09. The second-order valence-corrected chi connectivity index (χ2v) is 5.29. The van der Waals surface area contributed by atoms with E-state index in [2.05, 4.69) is 36.7 Å². The lowest BCUT2D eigenvalue weighted by molar-refractivity contribution is 0.0896. The zero-order valence-corrected chi connectivity index (χ0v) is 11.1. The zero-order chi connectivity index (χ0) is 12.4. The molecule has 2 N–H and O–H groups in total. The fraction of sp³-hybridized carbons (Fsp3) is 0.643. The number of rotatable bonds is 2. The summed E-state index contributed by atoms with van der Waals surface area (Å²) in [5.74, 6) is 0.563. The van der Waals surface area contributed by atoms with Gasteiger partial charge in [0.15, 0.2) is 0 Å². The van der Waals surface area contributed by atoms with E-state index in [0.717, 1.165) is 19.5 Å². The Morgan fingerprint density at radius 1 is 1.47 bits per heavy atom. The second-order valence-electron chi connectivity index (χ2n) is 5.29. The van der Waals surface area contributed by atoms with Gasteiger partial charge in [0.2, 0.25) is 0 Å². The van der Waals surface area contributed by atoms with Crippen molar-refractivity contribution in [2.75, 3.05) is 6.54 Å². The molecule has 1 saturated heterocycles. The minimum Gasteiger partial charge on any atom is -0.327 e. The van der Waals surface area contributed by atoms with E-state index in [-0.39, 0.29) is 0 Å². The fourth-order valence-corrected chi connectivity index (χ4v) is 2.57. The predicted octanol–water partition coefficient (Wildman–Crippen LogP) is 1.95. The highest BCUT2D eigenvalue weighted by molar-refractivity contribution is 5.17. The fourth-order valence-electron chi connectivity index (χ4n) is 2.57. The van der Waals surface area contributed by atoms with Gasteiger partial charge in [-0.25, -0.2) is 0 Å². The molecule has 1 aliphatic rings. The zero-order valence-electron chi connectivity index (χ0n) is 11.1. The summed E-state index contributed by atoms with van der Waals surface area (Å²) in [6.45, 7) is 8.70. The molecular weight excluding hydrogens is 210 g/mol. The molecule has 0 aliphatic carbocycles. The molecule has 1 aliphatic heterocycles. The number of aromatic nitrogens is 1. The van der Waals surface area contributed by atoms with Crippen molar-refractivity contribution >= 4 is 0 Å². The van der Waals surface area contributed by atoms with Gasteiger partial charge >= 0.3 is 0 Å². The normalized spacial score (nSPS) is 30.5. The van der Waals surface area contributed by atoms with E-state index in [0.29, 0.717) is 18.0 Å². The molecule has 0 saturated carbocycles. The molecule has 1 aromatic rings. The number of hydrogen-bond acceptors (Lipinski definition) is 3. The van der Waals surface area contributed by atoms with Crippen molar-refractivity contribution < 1.29 is 0 Å². The van der Waals surface area contributed by atoms with E-state index in [1.807, 2.05) is 12.3 Å². The van der Waals surface area contributed by atoms with Gasteiger partial charge in [0.05, 0.1) is 5.69 Å². The van der Waals surface area contributed by atoms with Crippen LogP contribution in [-0.2, 0) is 6.54 Å². The molecule has 0 radical (unpaired) electrons. The highest BCUT2D eigenvalue weighted by Crippen LogP contribution is 2.24. The molecule has 3 nitrogen and oxygen atoms in total. The lowest BCUT2D eigenvalue weighted by atomic mass is 9.87. The van der Waals surface area contributed by atoms with Crippen LogP contribution in [0.3, 0.4) is 0 Å². The van der Waals surface area contributed by atoms with Gasteiger partial charge in [0, 0.05) is 31.4 Å². The van der Waals surface area contributed by atoms with Crippen molar-refractivity contribution in [2.45, 2.75) is 45.8 Å². The number of pyridine rings is 1. The van der Waals surface area contributed by atoms with Gasteiger partial charge < -0.3 is 5.73 Å². The highest BCUT2D eigenvalue weighted by Gasteiger charge is 2.30. The highest BCUT2D eigenvalue weighted by atomic mass is 15.2. The summed E-state index contributed by atoms with van der Waals surface area (Å²) in [5.41, 5.74) is 8.59. The SMILES string of the molecule is Cc1cccnc1CN1CCC(N)C(C)C1C. The number of hydrogen-bond donors (Lipinski definition) is 1. The summed E-state index contributed by atoms with van der Waals surface area (Å²) in [4.78, 5) is 6.98. The molecule has 1 aromatic heterocycles. The van der Waals surface area contributed by atoms with Crippen LogP contribution in [0.5, 0.6) is 0 Å². The summed E-state index contributed by atoms with van der Waals surface area (Å²) in [5, 5.41) is 0. The Morgan fingerprint density at radius 3 is 2.94 bits per heavy atom. The van der Waals surface area contributed by atoms with Crippen LogP contribution in [0.25, 0.3) is 0 Å². The van der Waals surface area contributed by atoms with Crippen LogP contribution in [0.4, 0.5) is 0 Å². The molecular formula is C14H23N3. The smallest absolute Gasteiger partial charge is 0.0573 e. The average Bonchev–Trinajstić information content (AvgIpc) is 2.32. The molecule has 17 heavy (non-hydrogen) atoms. The lowest BCUT2D eigenvalue weighted by Crippen LogP contribution is -2.51. The van der Waals surface area contributed by atoms with Gasteiger partial charge in [0.1, 0.15) is 0 Å². The van der Waals surface area contributed by atoms with Gasteiger partial charge in [-0.1, -0.05) is 13.0 Å². The molecule has 1 fully saturated rings. The summed E-state index contributed by atoms with van der Waals surface area (Å²) in [6, 6.07) is 5.02. The summed E-state index contributed by atoms with van der Waals surface area (Å²) in [6.07, 6.45) is 2.98. The first-order valence-electron chi connectivity index (χ1n) is 6.49. The largest absolute Gasteiger partial charge is 0.327 e. The molecule has 3 atom stereocenters. The monoisotopic (exact) mass is 233 g/mol. The second kappa shape index (κ2) is 5.15. The lowest BCUT2D eigenvalue weighted by Gasteiger charge is -2.41. The number of nitrogens with two attached hydrogens (primary N) is 1. The molecule has 94 valence electrons. The van der Waals surface area contributed by atoms with Gasteiger partial charge in [-0.05, 0) is 37.8 Å². The van der Waals surface area contributed by atoms with Crippen LogP contribution < -0.4 is 5.73 Å². The van der Waals surface area contributed by atoms with Crippen molar-refractivity contribution in [3.63, 3.8) is 0 Å². The molecule has 2 heterocycles. The number of likely N-dealkylation sites (tertiary alicyclic amines) is 1. The first kappa shape index (κ1) is 12.5.